The minimum atomic E-state index is -0.806. The van der Waals surface area contributed by atoms with Crippen LogP contribution in [-0.4, -0.2) is 36.4 Å². The monoisotopic (exact) mass is 244 g/mol. The van der Waals surface area contributed by atoms with E-state index < -0.39 is 25.2 Å². The molecule has 0 heterocycles. The number of carbonyl (C=O) groups excluding carboxylic acids is 2. The highest BCUT2D eigenvalue weighted by Crippen LogP contribution is 2.19. The third-order valence-corrected chi connectivity index (χ3v) is 2.83. The first-order valence-electron chi connectivity index (χ1n) is 6.18. The average Bonchev–Trinajstić information content (AvgIpc) is 2.29. The van der Waals surface area contributed by atoms with Crippen molar-refractivity contribution in [1.82, 2.24) is 0 Å². The SMILES string of the molecule is O=C(CO)OCC(=O)OC1CCCCCCC1. The van der Waals surface area contributed by atoms with Gasteiger partial charge in [-0.15, -0.1) is 0 Å². The molecule has 1 rings (SSSR count). The molecule has 98 valence electrons. The van der Waals surface area contributed by atoms with Gasteiger partial charge in [-0.3, -0.25) is 0 Å². The molecule has 0 aromatic carbocycles. The molecule has 0 aromatic heterocycles. The first-order chi connectivity index (χ1) is 8.22. The van der Waals surface area contributed by atoms with Crippen molar-refractivity contribution in [2.75, 3.05) is 13.2 Å². The third kappa shape index (κ3) is 6.26. The van der Waals surface area contributed by atoms with Gasteiger partial charge >= 0.3 is 11.9 Å². The fourth-order valence-electron chi connectivity index (χ4n) is 1.94. The molecule has 1 aliphatic carbocycles. The van der Waals surface area contributed by atoms with Crippen molar-refractivity contribution in [3.8, 4) is 0 Å². The van der Waals surface area contributed by atoms with E-state index in [0.29, 0.717) is 0 Å². The Bertz CT molecular complexity index is 243. The van der Waals surface area contributed by atoms with E-state index >= 15 is 0 Å². The van der Waals surface area contributed by atoms with Gasteiger partial charge in [0.25, 0.3) is 0 Å². The molecule has 0 radical (unpaired) electrons. The summed E-state index contributed by atoms with van der Waals surface area (Å²) in [5, 5.41) is 8.41. The van der Waals surface area contributed by atoms with E-state index in [0.717, 1.165) is 25.7 Å². The molecular weight excluding hydrogens is 224 g/mol. The minimum Gasteiger partial charge on any atom is -0.460 e. The zero-order valence-corrected chi connectivity index (χ0v) is 10.0. The summed E-state index contributed by atoms with van der Waals surface area (Å²) in [6.07, 6.45) is 7.52. The standard InChI is InChI=1S/C12H20O5/c13-8-11(14)16-9-12(15)17-10-6-4-2-1-3-5-7-10/h10,13H,1-9H2. The van der Waals surface area contributed by atoms with E-state index in [-0.39, 0.29) is 6.10 Å². The first kappa shape index (κ1) is 14.0. The highest BCUT2D eigenvalue weighted by atomic mass is 16.6. The van der Waals surface area contributed by atoms with Crippen LogP contribution in [0.1, 0.15) is 44.9 Å². The lowest BCUT2D eigenvalue weighted by molar-refractivity contribution is -0.164. The van der Waals surface area contributed by atoms with Crippen LogP contribution in [0.3, 0.4) is 0 Å². The van der Waals surface area contributed by atoms with Crippen LogP contribution in [0.5, 0.6) is 0 Å². The van der Waals surface area contributed by atoms with Gasteiger partial charge in [0, 0.05) is 0 Å². The number of ether oxygens (including phenoxy) is 2. The molecule has 1 saturated carbocycles. The molecule has 1 aliphatic rings. The summed E-state index contributed by atoms with van der Waals surface area (Å²) in [6, 6.07) is 0. The number of esters is 2. The molecule has 5 heteroatoms. The Morgan fingerprint density at radius 3 is 2.18 bits per heavy atom. The van der Waals surface area contributed by atoms with Gasteiger partial charge in [0.1, 0.15) is 12.7 Å². The van der Waals surface area contributed by atoms with Gasteiger partial charge < -0.3 is 14.6 Å². The fraction of sp³-hybridized carbons (Fsp3) is 0.833. The second-order valence-corrected chi connectivity index (χ2v) is 4.28. The summed E-state index contributed by atoms with van der Waals surface area (Å²) in [6.45, 7) is -1.12. The smallest absolute Gasteiger partial charge is 0.344 e. The molecule has 0 saturated heterocycles. The quantitative estimate of drug-likeness (QED) is 0.752. The van der Waals surface area contributed by atoms with Gasteiger partial charge in [-0.25, -0.2) is 9.59 Å². The van der Waals surface area contributed by atoms with Crippen LogP contribution >= 0.6 is 0 Å². The van der Waals surface area contributed by atoms with Gasteiger partial charge in [0.15, 0.2) is 6.61 Å². The van der Waals surface area contributed by atoms with Gasteiger partial charge in [-0.1, -0.05) is 19.3 Å². The van der Waals surface area contributed by atoms with E-state index in [9.17, 15) is 9.59 Å². The van der Waals surface area contributed by atoms with Crippen LogP contribution < -0.4 is 0 Å². The van der Waals surface area contributed by atoms with Crippen LogP contribution in [0.2, 0.25) is 0 Å². The molecule has 0 spiro atoms. The molecule has 0 aliphatic heterocycles. The number of rotatable bonds is 4. The molecule has 0 aromatic rings. The Morgan fingerprint density at radius 2 is 1.59 bits per heavy atom. The van der Waals surface area contributed by atoms with Crippen molar-refractivity contribution < 1.29 is 24.2 Å². The molecule has 0 amide bonds. The Morgan fingerprint density at radius 1 is 1.00 bits per heavy atom. The van der Waals surface area contributed by atoms with Crippen LogP contribution in [0.4, 0.5) is 0 Å². The topological polar surface area (TPSA) is 72.8 Å². The van der Waals surface area contributed by atoms with E-state index in [4.69, 9.17) is 9.84 Å². The van der Waals surface area contributed by atoms with E-state index in [1.807, 2.05) is 0 Å². The summed E-state index contributed by atoms with van der Waals surface area (Å²) < 4.78 is 9.71. The maximum atomic E-state index is 11.3. The number of carbonyl (C=O) groups is 2. The summed E-state index contributed by atoms with van der Waals surface area (Å²) in [5.74, 6) is -1.34. The summed E-state index contributed by atoms with van der Waals surface area (Å²) >= 11 is 0. The Balaban J connectivity index is 2.21. The summed E-state index contributed by atoms with van der Waals surface area (Å²) in [7, 11) is 0. The molecule has 17 heavy (non-hydrogen) atoms. The molecule has 1 N–H and O–H groups in total. The Kier molecular flexibility index (Phi) is 6.62. The largest absolute Gasteiger partial charge is 0.460 e. The number of hydrogen-bond acceptors (Lipinski definition) is 5. The van der Waals surface area contributed by atoms with Crippen LogP contribution in [0, 0.1) is 0 Å². The Labute approximate surface area is 101 Å². The molecule has 0 bridgehead atoms. The number of aliphatic hydroxyl groups excluding tert-OH is 1. The summed E-state index contributed by atoms with van der Waals surface area (Å²) in [5.41, 5.74) is 0. The van der Waals surface area contributed by atoms with Crippen molar-refractivity contribution in [1.29, 1.82) is 0 Å². The minimum absolute atomic E-state index is 0.0457. The predicted octanol–water partition coefficient (Wildman–Crippen LogP) is 1.18. The third-order valence-electron chi connectivity index (χ3n) is 2.83. The maximum absolute atomic E-state index is 11.3. The van der Waals surface area contributed by atoms with Crippen molar-refractivity contribution in [2.24, 2.45) is 0 Å². The van der Waals surface area contributed by atoms with Gasteiger partial charge in [0.2, 0.25) is 0 Å². The van der Waals surface area contributed by atoms with Crippen molar-refractivity contribution in [3.63, 3.8) is 0 Å². The highest BCUT2D eigenvalue weighted by molar-refractivity contribution is 5.76. The lowest BCUT2D eigenvalue weighted by Gasteiger charge is -2.19. The summed E-state index contributed by atoms with van der Waals surface area (Å²) in [4.78, 5) is 22.0. The average molecular weight is 244 g/mol. The molecule has 0 unspecified atom stereocenters. The van der Waals surface area contributed by atoms with Gasteiger partial charge in [0.05, 0.1) is 0 Å². The number of aliphatic hydroxyl groups is 1. The van der Waals surface area contributed by atoms with Crippen LogP contribution in [-0.2, 0) is 19.1 Å². The molecule has 1 fully saturated rings. The van der Waals surface area contributed by atoms with E-state index in [1.54, 1.807) is 0 Å². The van der Waals surface area contributed by atoms with Gasteiger partial charge in [-0.2, -0.15) is 0 Å². The lowest BCUT2D eigenvalue weighted by Crippen LogP contribution is -2.24. The molecular formula is C12H20O5. The van der Waals surface area contributed by atoms with E-state index in [2.05, 4.69) is 4.74 Å². The zero-order chi connectivity index (χ0) is 12.5. The van der Waals surface area contributed by atoms with Crippen molar-refractivity contribution in [3.05, 3.63) is 0 Å². The number of hydrogen-bond donors (Lipinski definition) is 1. The molecule has 0 atom stereocenters. The van der Waals surface area contributed by atoms with E-state index in [1.165, 1.54) is 19.3 Å². The second-order valence-electron chi connectivity index (χ2n) is 4.28. The zero-order valence-electron chi connectivity index (χ0n) is 10.0. The highest BCUT2D eigenvalue weighted by Gasteiger charge is 2.16. The normalized spacial score (nSPS) is 17.9. The van der Waals surface area contributed by atoms with Gasteiger partial charge in [-0.05, 0) is 25.7 Å². The fourth-order valence-corrected chi connectivity index (χ4v) is 1.94. The Hall–Kier alpha value is -1.10. The first-order valence-corrected chi connectivity index (χ1v) is 6.18. The maximum Gasteiger partial charge on any atom is 0.344 e. The predicted molar refractivity (Wildman–Crippen MR) is 60.2 cm³/mol. The lowest BCUT2D eigenvalue weighted by atomic mass is 9.99. The van der Waals surface area contributed by atoms with Crippen LogP contribution in [0.15, 0.2) is 0 Å². The van der Waals surface area contributed by atoms with Crippen LogP contribution in [0.25, 0.3) is 0 Å². The van der Waals surface area contributed by atoms with Crippen molar-refractivity contribution >= 4 is 11.9 Å². The van der Waals surface area contributed by atoms with Crippen molar-refractivity contribution in [2.45, 2.75) is 51.0 Å². The second kappa shape index (κ2) is 8.06. The molecule has 5 nitrogen and oxygen atoms in total.